The van der Waals surface area contributed by atoms with Gasteiger partial charge in [-0.15, -0.1) is 0 Å². The van der Waals surface area contributed by atoms with Crippen molar-refractivity contribution in [2.24, 2.45) is 10.9 Å². The molecule has 1 unspecified atom stereocenters. The van der Waals surface area contributed by atoms with Crippen LogP contribution in [-0.4, -0.2) is 48.5 Å². The normalized spacial score (nSPS) is 19.3. The molecular weight excluding hydrogens is 426 g/mol. The Kier molecular flexibility index (Phi) is 6.80. The van der Waals surface area contributed by atoms with Crippen molar-refractivity contribution in [3.63, 3.8) is 0 Å². The van der Waals surface area contributed by atoms with Gasteiger partial charge in [0, 0.05) is 24.5 Å². The van der Waals surface area contributed by atoms with Crippen molar-refractivity contribution in [2.45, 2.75) is 39.2 Å². The average Bonchev–Trinajstić information content (AvgIpc) is 3.10. The highest BCUT2D eigenvalue weighted by molar-refractivity contribution is 6.31. The number of esters is 1. The maximum atomic E-state index is 13.5. The molecule has 1 atom stereocenters. The van der Waals surface area contributed by atoms with E-state index < -0.39 is 6.04 Å². The number of hydrogen-bond donors (Lipinski definition) is 0. The molecule has 7 heteroatoms. The first-order valence-electron chi connectivity index (χ1n) is 11.1. The highest BCUT2D eigenvalue weighted by Crippen LogP contribution is 2.31. The van der Waals surface area contributed by atoms with E-state index >= 15 is 0 Å². The molecule has 1 amide bonds. The molecule has 0 aliphatic carbocycles. The summed E-state index contributed by atoms with van der Waals surface area (Å²) < 4.78 is 5.20. The molecule has 0 bridgehead atoms. The number of halogens is 1. The average molecular weight is 454 g/mol. The van der Waals surface area contributed by atoms with Crippen LogP contribution in [0.2, 0.25) is 5.02 Å². The van der Waals surface area contributed by atoms with Crippen molar-refractivity contribution in [1.82, 2.24) is 4.90 Å². The summed E-state index contributed by atoms with van der Waals surface area (Å²) in [7, 11) is 0. The number of aryl methyl sites for hydroxylation is 1. The maximum Gasteiger partial charge on any atom is 0.309 e. The number of aliphatic imine (C=N–C) groups is 1. The second-order valence-corrected chi connectivity index (χ2v) is 8.69. The molecule has 4 rings (SSSR count). The Morgan fingerprint density at radius 3 is 2.53 bits per heavy atom. The molecule has 168 valence electrons. The minimum Gasteiger partial charge on any atom is -0.466 e. The molecule has 2 aromatic rings. The number of guanidine groups is 1. The van der Waals surface area contributed by atoms with Gasteiger partial charge in [0.1, 0.15) is 6.04 Å². The van der Waals surface area contributed by atoms with Crippen LogP contribution in [0.4, 0.5) is 5.69 Å². The van der Waals surface area contributed by atoms with Crippen molar-refractivity contribution in [2.75, 3.05) is 24.6 Å². The van der Waals surface area contributed by atoms with E-state index in [1.165, 1.54) is 0 Å². The minimum atomic E-state index is -0.481. The Labute approximate surface area is 193 Å². The largest absolute Gasteiger partial charge is 0.466 e. The first kappa shape index (κ1) is 22.3. The van der Waals surface area contributed by atoms with E-state index in [4.69, 9.17) is 21.3 Å². The summed E-state index contributed by atoms with van der Waals surface area (Å²) in [4.78, 5) is 34.4. The summed E-state index contributed by atoms with van der Waals surface area (Å²) in [5.41, 5.74) is 2.78. The van der Waals surface area contributed by atoms with Gasteiger partial charge in [0.2, 0.25) is 5.96 Å². The molecule has 2 heterocycles. The second kappa shape index (κ2) is 9.74. The fourth-order valence-corrected chi connectivity index (χ4v) is 4.59. The van der Waals surface area contributed by atoms with E-state index in [0.717, 1.165) is 16.8 Å². The Bertz CT molecular complexity index is 1020. The zero-order valence-electron chi connectivity index (χ0n) is 18.5. The summed E-state index contributed by atoms with van der Waals surface area (Å²) in [5.74, 6) is 0.379. The predicted octanol–water partition coefficient (Wildman–Crippen LogP) is 4.24. The molecule has 0 radical (unpaired) electrons. The van der Waals surface area contributed by atoms with Crippen molar-refractivity contribution >= 4 is 35.1 Å². The maximum absolute atomic E-state index is 13.5. The number of carbonyl (C=O) groups is 2. The third-order valence-corrected chi connectivity index (χ3v) is 6.28. The molecule has 0 aromatic heterocycles. The summed E-state index contributed by atoms with van der Waals surface area (Å²) in [6.45, 7) is 5.47. The summed E-state index contributed by atoms with van der Waals surface area (Å²) in [5, 5.41) is 0.632. The second-order valence-electron chi connectivity index (χ2n) is 8.25. The minimum absolute atomic E-state index is 0.0400. The highest BCUT2D eigenvalue weighted by Gasteiger charge is 2.40. The SMILES string of the molecule is CCOC(=O)C1CCN(C2=NC(Cc3ccccc3)C(=O)N2c2ccc(Cl)cc2C)CC1. The quantitative estimate of drug-likeness (QED) is 0.635. The van der Waals surface area contributed by atoms with Crippen LogP contribution in [0.5, 0.6) is 0 Å². The third kappa shape index (κ3) is 4.65. The number of hydrogen-bond acceptors (Lipinski definition) is 5. The summed E-state index contributed by atoms with van der Waals surface area (Å²) in [6, 6.07) is 15.0. The molecule has 6 nitrogen and oxygen atoms in total. The molecular formula is C25H28ClN3O3. The van der Waals surface area contributed by atoms with Crippen molar-refractivity contribution in [1.29, 1.82) is 0 Å². The van der Waals surface area contributed by atoms with Gasteiger partial charge in [0.05, 0.1) is 18.2 Å². The first-order valence-corrected chi connectivity index (χ1v) is 11.5. The molecule has 2 aromatic carbocycles. The number of likely N-dealkylation sites (tertiary alicyclic amines) is 1. The lowest BCUT2D eigenvalue weighted by atomic mass is 9.97. The van der Waals surface area contributed by atoms with E-state index in [2.05, 4.69) is 4.90 Å². The van der Waals surface area contributed by atoms with E-state index in [1.54, 1.807) is 11.0 Å². The number of piperidine rings is 1. The monoisotopic (exact) mass is 453 g/mol. The molecule has 1 saturated heterocycles. The Morgan fingerprint density at radius 2 is 1.88 bits per heavy atom. The van der Waals surface area contributed by atoms with Gasteiger partial charge in [-0.3, -0.25) is 9.59 Å². The van der Waals surface area contributed by atoms with Crippen LogP contribution in [0.1, 0.15) is 30.9 Å². The molecule has 2 aliphatic heterocycles. The van der Waals surface area contributed by atoms with Gasteiger partial charge in [-0.25, -0.2) is 9.89 Å². The number of rotatable bonds is 5. The van der Waals surface area contributed by atoms with Crippen LogP contribution in [-0.2, 0) is 20.7 Å². The van der Waals surface area contributed by atoms with Crippen molar-refractivity contribution in [3.05, 3.63) is 64.7 Å². The summed E-state index contributed by atoms with van der Waals surface area (Å²) >= 11 is 6.16. The molecule has 2 aliphatic rings. The zero-order valence-corrected chi connectivity index (χ0v) is 19.2. The molecule has 0 N–H and O–H groups in total. The number of nitrogens with zero attached hydrogens (tertiary/aromatic N) is 3. The number of anilines is 1. The van der Waals surface area contributed by atoms with Gasteiger partial charge < -0.3 is 9.64 Å². The molecule has 0 saturated carbocycles. The van der Waals surface area contributed by atoms with E-state index in [9.17, 15) is 9.59 Å². The standard InChI is InChI=1S/C25H28ClN3O3/c1-3-32-24(31)19-11-13-28(14-12-19)25-27-21(16-18-7-5-4-6-8-18)23(30)29(25)22-10-9-20(26)15-17(22)2/h4-10,15,19,21H,3,11-14,16H2,1-2H3. The smallest absolute Gasteiger partial charge is 0.309 e. The predicted molar refractivity (Wildman–Crippen MR) is 126 cm³/mol. The van der Waals surface area contributed by atoms with E-state index in [1.807, 2.05) is 56.3 Å². The number of benzene rings is 2. The fraction of sp³-hybridized carbons (Fsp3) is 0.400. The number of carbonyl (C=O) groups excluding carboxylic acids is 2. The lowest BCUT2D eigenvalue weighted by Gasteiger charge is -2.35. The van der Waals surface area contributed by atoms with Crippen LogP contribution in [0.25, 0.3) is 0 Å². The van der Waals surface area contributed by atoms with Gasteiger partial charge in [0.25, 0.3) is 5.91 Å². The van der Waals surface area contributed by atoms with Gasteiger partial charge in [0.15, 0.2) is 0 Å². The van der Waals surface area contributed by atoms with Gasteiger partial charge in [-0.1, -0.05) is 41.9 Å². The molecule has 32 heavy (non-hydrogen) atoms. The van der Waals surface area contributed by atoms with Gasteiger partial charge in [-0.05, 0) is 56.0 Å². The first-order chi connectivity index (χ1) is 15.5. The number of amides is 1. The van der Waals surface area contributed by atoms with E-state index in [0.29, 0.717) is 49.9 Å². The lowest BCUT2D eigenvalue weighted by molar-refractivity contribution is -0.149. The van der Waals surface area contributed by atoms with Crippen LogP contribution in [0.3, 0.4) is 0 Å². The van der Waals surface area contributed by atoms with Crippen LogP contribution in [0.15, 0.2) is 53.5 Å². The van der Waals surface area contributed by atoms with Gasteiger partial charge in [-0.2, -0.15) is 0 Å². The van der Waals surface area contributed by atoms with Crippen LogP contribution >= 0.6 is 11.6 Å². The highest BCUT2D eigenvalue weighted by atomic mass is 35.5. The number of ether oxygens (including phenoxy) is 1. The molecule has 0 spiro atoms. The third-order valence-electron chi connectivity index (χ3n) is 6.05. The van der Waals surface area contributed by atoms with Crippen molar-refractivity contribution < 1.29 is 14.3 Å². The Balaban J connectivity index is 1.60. The topological polar surface area (TPSA) is 62.2 Å². The Hall–Kier alpha value is -2.86. The summed E-state index contributed by atoms with van der Waals surface area (Å²) in [6.07, 6.45) is 1.91. The lowest BCUT2D eigenvalue weighted by Crippen LogP contribution is -2.49. The fourth-order valence-electron chi connectivity index (χ4n) is 4.36. The van der Waals surface area contributed by atoms with Crippen molar-refractivity contribution in [3.8, 4) is 0 Å². The van der Waals surface area contributed by atoms with Crippen LogP contribution in [0, 0.1) is 12.8 Å². The van der Waals surface area contributed by atoms with Crippen LogP contribution < -0.4 is 4.90 Å². The van der Waals surface area contributed by atoms with Gasteiger partial charge >= 0.3 is 5.97 Å². The molecule has 1 fully saturated rings. The zero-order chi connectivity index (χ0) is 22.7. The Morgan fingerprint density at radius 1 is 1.16 bits per heavy atom. The van der Waals surface area contributed by atoms with E-state index in [-0.39, 0.29) is 17.8 Å².